The van der Waals surface area contributed by atoms with Crippen molar-refractivity contribution in [3.05, 3.63) is 90.0 Å². The van der Waals surface area contributed by atoms with E-state index in [1.807, 2.05) is 0 Å². The van der Waals surface area contributed by atoms with Gasteiger partial charge < -0.3 is 0 Å². The fourth-order valence-corrected chi connectivity index (χ4v) is 7.27. The normalized spacial score (nSPS) is 16.8. The molecule has 0 heterocycles. The van der Waals surface area contributed by atoms with Gasteiger partial charge in [-0.1, -0.05) is 72.8 Å². The van der Waals surface area contributed by atoms with Crippen molar-refractivity contribution in [1.82, 2.24) is 0 Å². The summed E-state index contributed by atoms with van der Waals surface area (Å²) < 4.78 is 0. The zero-order valence-corrected chi connectivity index (χ0v) is 15.4. The Morgan fingerprint density at radius 3 is 2.00 bits per heavy atom. The predicted molar refractivity (Wildman–Crippen MR) is 108 cm³/mol. The average molecular weight is 348 g/mol. The number of hydrogen-bond donors (Lipinski definition) is 1. The van der Waals surface area contributed by atoms with Gasteiger partial charge in [-0.25, -0.2) is 0 Å². The maximum Gasteiger partial charge on any atom is 0.0136 e. The van der Waals surface area contributed by atoms with Gasteiger partial charge in [0.25, 0.3) is 0 Å². The molecule has 0 amide bonds. The first-order chi connectivity index (χ1) is 11.8. The van der Waals surface area contributed by atoms with E-state index in [4.69, 9.17) is 12.6 Å². The lowest BCUT2D eigenvalue weighted by Crippen LogP contribution is -2.20. The minimum absolute atomic E-state index is 0.421. The fourth-order valence-electron chi connectivity index (χ4n) is 3.78. The molecule has 1 unspecified atom stereocenters. The predicted octanol–water partition coefficient (Wildman–Crippen LogP) is 5.49. The zero-order chi connectivity index (χ0) is 16.4. The lowest BCUT2D eigenvalue weighted by Gasteiger charge is -2.34. The van der Waals surface area contributed by atoms with Crippen molar-refractivity contribution in [3.63, 3.8) is 0 Å². The van der Waals surface area contributed by atoms with Gasteiger partial charge in [0.05, 0.1) is 0 Å². The Morgan fingerprint density at radius 1 is 0.750 bits per heavy atom. The van der Waals surface area contributed by atoms with Crippen LogP contribution in [-0.2, 0) is 6.42 Å². The van der Waals surface area contributed by atoms with E-state index in [0.29, 0.717) is 5.66 Å². The van der Waals surface area contributed by atoms with Crippen LogP contribution < -0.4 is 10.6 Å². The molecule has 2 heteroatoms. The van der Waals surface area contributed by atoms with E-state index in [-0.39, 0.29) is 0 Å². The molecule has 24 heavy (non-hydrogen) atoms. The molecule has 3 aromatic carbocycles. The third-order valence-corrected chi connectivity index (χ3v) is 8.05. The molecule has 0 saturated carbocycles. The van der Waals surface area contributed by atoms with E-state index >= 15 is 0 Å². The van der Waals surface area contributed by atoms with Gasteiger partial charge >= 0.3 is 0 Å². The summed E-state index contributed by atoms with van der Waals surface area (Å²) in [7, 11) is -0.421. The van der Waals surface area contributed by atoms with Crippen LogP contribution >= 0.6 is 20.6 Å². The van der Waals surface area contributed by atoms with Crippen molar-refractivity contribution in [1.29, 1.82) is 0 Å². The quantitative estimate of drug-likeness (QED) is 0.470. The molecule has 120 valence electrons. The van der Waals surface area contributed by atoms with Crippen LogP contribution in [0.4, 0.5) is 0 Å². The highest BCUT2D eigenvalue weighted by molar-refractivity contribution is 7.80. The molecule has 0 spiro atoms. The summed E-state index contributed by atoms with van der Waals surface area (Å²) in [5, 5.41) is 2.93. The monoisotopic (exact) mass is 348 g/mol. The Labute approximate surface area is 151 Å². The molecular formula is C22H21PS. The third-order valence-electron chi connectivity index (χ3n) is 4.81. The van der Waals surface area contributed by atoms with Gasteiger partial charge in [0.1, 0.15) is 0 Å². The molecule has 0 radical (unpaired) electrons. The summed E-state index contributed by atoms with van der Waals surface area (Å²) in [5.74, 6) is 0. The molecule has 0 nitrogen and oxygen atoms in total. The summed E-state index contributed by atoms with van der Waals surface area (Å²) in [6.45, 7) is 0. The lowest BCUT2D eigenvalue weighted by molar-refractivity contribution is 0.660. The SMILES string of the molecule is Sc1cccc2c1C(P(c1ccccc1)c1ccccc1)CCC2. The number of hydrogen-bond acceptors (Lipinski definition) is 1. The van der Waals surface area contributed by atoms with E-state index in [1.54, 1.807) is 0 Å². The maximum absolute atomic E-state index is 4.82. The van der Waals surface area contributed by atoms with Gasteiger partial charge in [-0.05, 0) is 55.0 Å². The Balaban J connectivity index is 1.87. The molecule has 3 aromatic rings. The molecule has 0 aromatic heterocycles. The van der Waals surface area contributed by atoms with Crippen LogP contribution in [0, 0.1) is 0 Å². The van der Waals surface area contributed by atoms with Crippen molar-refractivity contribution in [2.45, 2.75) is 29.8 Å². The van der Waals surface area contributed by atoms with Crippen LogP contribution in [0.5, 0.6) is 0 Å². The molecule has 0 bridgehead atoms. The van der Waals surface area contributed by atoms with Crippen LogP contribution in [-0.4, -0.2) is 0 Å². The number of benzene rings is 3. The minimum Gasteiger partial charge on any atom is -0.143 e. The molecule has 1 aliphatic carbocycles. The molecular weight excluding hydrogens is 327 g/mol. The number of rotatable bonds is 3. The Bertz CT molecular complexity index is 774. The summed E-state index contributed by atoms with van der Waals surface area (Å²) in [4.78, 5) is 1.16. The molecule has 0 saturated heterocycles. The van der Waals surface area contributed by atoms with Gasteiger partial charge in [0, 0.05) is 10.6 Å². The van der Waals surface area contributed by atoms with Crippen LogP contribution in [0.15, 0.2) is 83.8 Å². The van der Waals surface area contributed by atoms with Crippen LogP contribution in [0.1, 0.15) is 29.6 Å². The van der Waals surface area contributed by atoms with Gasteiger partial charge in [-0.15, -0.1) is 12.6 Å². The lowest BCUT2D eigenvalue weighted by atomic mass is 9.91. The Kier molecular flexibility index (Phi) is 4.74. The fraction of sp³-hybridized carbons (Fsp3) is 0.182. The highest BCUT2D eigenvalue weighted by atomic mass is 32.1. The smallest absolute Gasteiger partial charge is 0.0136 e. The van der Waals surface area contributed by atoms with Crippen molar-refractivity contribution in [2.75, 3.05) is 0 Å². The van der Waals surface area contributed by atoms with E-state index in [2.05, 4.69) is 78.9 Å². The molecule has 1 atom stereocenters. The van der Waals surface area contributed by atoms with Crippen molar-refractivity contribution in [2.24, 2.45) is 0 Å². The van der Waals surface area contributed by atoms with Crippen molar-refractivity contribution < 1.29 is 0 Å². The topological polar surface area (TPSA) is 0 Å². The highest BCUT2D eigenvalue weighted by Crippen LogP contribution is 2.55. The number of aryl methyl sites for hydroxylation is 1. The van der Waals surface area contributed by atoms with Gasteiger partial charge in [-0.2, -0.15) is 0 Å². The number of thiol groups is 1. The molecule has 0 fully saturated rings. The summed E-state index contributed by atoms with van der Waals surface area (Å²) in [6.07, 6.45) is 3.71. The first-order valence-corrected chi connectivity index (χ1v) is 10.4. The number of fused-ring (bicyclic) bond motifs is 1. The molecule has 0 N–H and O–H groups in total. The van der Waals surface area contributed by atoms with Crippen LogP contribution in [0.25, 0.3) is 0 Å². The van der Waals surface area contributed by atoms with Crippen LogP contribution in [0.3, 0.4) is 0 Å². The largest absolute Gasteiger partial charge is 0.143 e. The standard InChI is InChI=1S/C22H21PS/c24-21-16-8-10-17-9-7-15-20(22(17)21)23(18-11-3-1-4-12-18)19-13-5-2-6-14-19/h1-6,8,10-14,16,20,24H,7,9,15H2. The highest BCUT2D eigenvalue weighted by Gasteiger charge is 2.31. The minimum atomic E-state index is -0.421. The average Bonchev–Trinajstić information content (AvgIpc) is 2.64. The van der Waals surface area contributed by atoms with E-state index in [9.17, 15) is 0 Å². The second kappa shape index (κ2) is 7.13. The van der Waals surface area contributed by atoms with Gasteiger partial charge in [0.15, 0.2) is 0 Å². The Morgan fingerprint density at radius 2 is 1.38 bits per heavy atom. The van der Waals surface area contributed by atoms with E-state index in [1.165, 1.54) is 41.0 Å². The molecule has 0 aliphatic heterocycles. The van der Waals surface area contributed by atoms with Gasteiger partial charge in [0.2, 0.25) is 0 Å². The van der Waals surface area contributed by atoms with Crippen LogP contribution in [0.2, 0.25) is 0 Å². The summed E-state index contributed by atoms with van der Waals surface area (Å²) in [5.41, 5.74) is 3.55. The first-order valence-electron chi connectivity index (χ1n) is 8.54. The summed E-state index contributed by atoms with van der Waals surface area (Å²) >= 11 is 4.82. The van der Waals surface area contributed by atoms with Crippen molar-refractivity contribution >= 4 is 31.2 Å². The van der Waals surface area contributed by atoms with E-state index < -0.39 is 7.92 Å². The Hall–Kier alpha value is -1.56. The second-order valence-corrected chi connectivity index (χ2v) is 9.18. The van der Waals surface area contributed by atoms with Crippen molar-refractivity contribution in [3.8, 4) is 0 Å². The molecule has 1 aliphatic rings. The maximum atomic E-state index is 4.82. The third kappa shape index (κ3) is 3.04. The zero-order valence-electron chi connectivity index (χ0n) is 13.6. The molecule has 4 rings (SSSR count). The summed E-state index contributed by atoms with van der Waals surface area (Å²) in [6, 6.07) is 28.7. The first kappa shape index (κ1) is 15.9. The second-order valence-electron chi connectivity index (χ2n) is 6.30. The van der Waals surface area contributed by atoms with E-state index in [0.717, 1.165) is 4.90 Å². The van der Waals surface area contributed by atoms with Gasteiger partial charge in [-0.3, -0.25) is 0 Å².